The minimum atomic E-state index is -3.70. The molecule has 0 unspecified atom stereocenters. The van der Waals surface area contributed by atoms with Crippen LogP contribution in [0.2, 0.25) is 0 Å². The van der Waals surface area contributed by atoms with Crippen molar-refractivity contribution in [3.8, 4) is 11.5 Å². The Balaban J connectivity index is 1.34. The van der Waals surface area contributed by atoms with Gasteiger partial charge in [0.1, 0.15) is 11.5 Å². The number of fused-ring (bicyclic) bond motifs is 2. The molecule has 9 heteroatoms. The zero-order valence-corrected chi connectivity index (χ0v) is 23.8. The maximum atomic E-state index is 13.6. The number of para-hydroxylation sites is 2. The average Bonchev–Trinajstić information content (AvgIpc) is 2.96. The lowest BCUT2D eigenvalue weighted by atomic mass is 9.69. The van der Waals surface area contributed by atoms with Crippen LogP contribution >= 0.6 is 0 Å². The second kappa shape index (κ2) is 12.1. The monoisotopic (exact) mass is 563 g/mol. The Morgan fingerprint density at radius 1 is 1.02 bits per heavy atom. The van der Waals surface area contributed by atoms with Crippen molar-refractivity contribution in [1.82, 2.24) is 15.4 Å². The SMILES string of the molecule is COCCCC1(CNC(=O)[C@@H]2CNC[C@H](NS(=O)(=O)c3cccc(C)c3)C2)c2ccccc2Oc2ccccc21. The van der Waals surface area contributed by atoms with E-state index in [0.29, 0.717) is 32.7 Å². The molecule has 0 aliphatic carbocycles. The largest absolute Gasteiger partial charge is 0.457 e. The number of ether oxygens (including phenoxy) is 2. The Morgan fingerprint density at radius 3 is 2.40 bits per heavy atom. The zero-order valence-electron chi connectivity index (χ0n) is 23.0. The van der Waals surface area contributed by atoms with E-state index in [-0.39, 0.29) is 16.7 Å². The standard InChI is InChI=1S/C31H37N3O5S/c1-22-9-7-10-25(17-22)40(36,37)34-24-18-23(19-32-20-24)30(35)33-21-31(15-8-16-38-2)26-11-3-5-13-28(26)39-29-14-6-4-12-27(29)31/h3-7,9-14,17,23-24,32,34H,8,15-16,18-21H2,1-2H3,(H,33,35)/t23-,24+/m0/s1. The van der Waals surface area contributed by atoms with Crippen LogP contribution in [0.3, 0.4) is 0 Å². The molecule has 212 valence electrons. The summed E-state index contributed by atoms with van der Waals surface area (Å²) in [6.45, 7) is 3.81. The molecular weight excluding hydrogens is 526 g/mol. The number of piperidine rings is 1. The van der Waals surface area contributed by atoms with Gasteiger partial charge in [0.05, 0.1) is 10.8 Å². The van der Waals surface area contributed by atoms with Crippen molar-refractivity contribution in [2.45, 2.75) is 42.5 Å². The molecule has 2 aliphatic rings. The molecule has 3 aromatic carbocycles. The molecule has 8 nitrogen and oxygen atoms in total. The summed E-state index contributed by atoms with van der Waals surface area (Å²) in [7, 11) is -2.00. The van der Waals surface area contributed by atoms with E-state index in [1.807, 2.05) is 49.4 Å². The van der Waals surface area contributed by atoms with Crippen LogP contribution in [0.4, 0.5) is 0 Å². The van der Waals surface area contributed by atoms with Gasteiger partial charge in [-0.3, -0.25) is 4.79 Å². The highest BCUT2D eigenvalue weighted by Crippen LogP contribution is 2.50. The van der Waals surface area contributed by atoms with Gasteiger partial charge in [0.15, 0.2) is 0 Å². The van der Waals surface area contributed by atoms with Gasteiger partial charge in [0.25, 0.3) is 0 Å². The van der Waals surface area contributed by atoms with Crippen molar-refractivity contribution in [2.24, 2.45) is 5.92 Å². The second-order valence-electron chi connectivity index (χ2n) is 10.7. The number of amides is 1. The number of hydrogen-bond donors (Lipinski definition) is 3. The first kappa shape index (κ1) is 28.3. The third-order valence-electron chi connectivity index (χ3n) is 7.88. The number of nitrogens with one attached hydrogen (secondary N) is 3. The van der Waals surface area contributed by atoms with Crippen LogP contribution in [0, 0.1) is 12.8 Å². The van der Waals surface area contributed by atoms with Crippen LogP contribution in [-0.2, 0) is 25.0 Å². The Labute approximate surface area is 236 Å². The van der Waals surface area contributed by atoms with E-state index in [2.05, 4.69) is 27.5 Å². The molecule has 0 spiro atoms. The van der Waals surface area contributed by atoms with Crippen molar-refractivity contribution in [2.75, 3.05) is 33.4 Å². The molecular formula is C31H37N3O5S. The molecule has 2 heterocycles. The molecule has 0 aromatic heterocycles. The number of aryl methyl sites for hydroxylation is 1. The van der Waals surface area contributed by atoms with E-state index in [1.54, 1.807) is 25.3 Å². The molecule has 1 amide bonds. The first-order valence-corrected chi connectivity index (χ1v) is 15.2. The topological polar surface area (TPSA) is 106 Å². The third kappa shape index (κ3) is 5.93. The summed E-state index contributed by atoms with van der Waals surface area (Å²) in [4.78, 5) is 13.8. The Morgan fingerprint density at radius 2 is 1.73 bits per heavy atom. The maximum Gasteiger partial charge on any atom is 0.240 e. The third-order valence-corrected chi connectivity index (χ3v) is 9.40. The van der Waals surface area contributed by atoms with Gasteiger partial charge in [0, 0.05) is 55.9 Å². The zero-order chi connectivity index (χ0) is 28.2. The summed E-state index contributed by atoms with van der Waals surface area (Å²) in [5.41, 5.74) is 2.46. The Kier molecular flexibility index (Phi) is 8.56. The highest BCUT2D eigenvalue weighted by Gasteiger charge is 2.42. The van der Waals surface area contributed by atoms with Gasteiger partial charge in [-0.1, -0.05) is 48.5 Å². The van der Waals surface area contributed by atoms with E-state index >= 15 is 0 Å². The molecule has 2 aliphatic heterocycles. The van der Waals surface area contributed by atoms with Gasteiger partial charge < -0.3 is 20.1 Å². The summed E-state index contributed by atoms with van der Waals surface area (Å²) < 4.78 is 40.4. The predicted molar refractivity (Wildman–Crippen MR) is 154 cm³/mol. The Hall–Kier alpha value is -3.24. The molecule has 0 saturated carbocycles. The highest BCUT2D eigenvalue weighted by molar-refractivity contribution is 7.89. The summed E-state index contributed by atoms with van der Waals surface area (Å²) in [5.74, 6) is 1.11. The molecule has 0 radical (unpaired) electrons. The minimum absolute atomic E-state index is 0.0977. The number of benzene rings is 3. The molecule has 2 atom stereocenters. The number of hydrogen-bond acceptors (Lipinski definition) is 6. The van der Waals surface area contributed by atoms with Crippen LogP contribution in [-0.4, -0.2) is 53.7 Å². The molecule has 3 N–H and O–H groups in total. The lowest BCUT2D eigenvalue weighted by Crippen LogP contribution is -2.53. The van der Waals surface area contributed by atoms with Gasteiger partial charge >= 0.3 is 0 Å². The van der Waals surface area contributed by atoms with Gasteiger partial charge in [-0.15, -0.1) is 0 Å². The number of carbonyl (C=O) groups is 1. The normalized spacial score (nSPS) is 19.6. The van der Waals surface area contributed by atoms with Crippen molar-refractivity contribution in [1.29, 1.82) is 0 Å². The van der Waals surface area contributed by atoms with Crippen molar-refractivity contribution in [3.05, 3.63) is 89.5 Å². The fraction of sp³-hybridized carbons (Fsp3) is 0.387. The lowest BCUT2D eigenvalue weighted by Gasteiger charge is -2.41. The van der Waals surface area contributed by atoms with Gasteiger partial charge in [-0.05, 0) is 56.0 Å². The number of sulfonamides is 1. The van der Waals surface area contributed by atoms with Crippen LogP contribution in [0.15, 0.2) is 77.7 Å². The van der Waals surface area contributed by atoms with E-state index in [9.17, 15) is 13.2 Å². The van der Waals surface area contributed by atoms with Crippen LogP contribution in [0.1, 0.15) is 36.0 Å². The van der Waals surface area contributed by atoms with Crippen LogP contribution < -0.4 is 20.1 Å². The average molecular weight is 564 g/mol. The lowest BCUT2D eigenvalue weighted by molar-refractivity contribution is -0.125. The first-order chi connectivity index (χ1) is 19.3. The fourth-order valence-corrected chi connectivity index (χ4v) is 7.27. The number of rotatable bonds is 10. The van der Waals surface area contributed by atoms with Crippen molar-refractivity contribution >= 4 is 15.9 Å². The summed E-state index contributed by atoms with van der Waals surface area (Å²) >= 11 is 0. The molecule has 1 saturated heterocycles. The predicted octanol–water partition coefficient (Wildman–Crippen LogP) is 3.89. The molecule has 0 bridgehead atoms. The second-order valence-corrected chi connectivity index (χ2v) is 12.4. The van der Waals surface area contributed by atoms with Gasteiger partial charge in [-0.2, -0.15) is 0 Å². The summed E-state index contributed by atoms with van der Waals surface area (Å²) in [6, 6.07) is 22.4. The molecule has 3 aromatic rings. The molecule has 40 heavy (non-hydrogen) atoms. The quantitative estimate of drug-likeness (QED) is 0.323. The van der Waals surface area contributed by atoms with Gasteiger partial charge in [0.2, 0.25) is 15.9 Å². The first-order valence-electron chi connectivity index (χ1n) is 13.8. The summed E-state index contributed by atoms with van der Waals surface area (Å²) in [5, 5.41) is 6.49. The maximum absolute atomic E-state index is 13.6. The summed E-state index contributed by atoms with van der Waals surface area (Å²) in [6.07, 6.45) is 1.99. The number of methoxy groups -OCH3 is 1. The minimum Gasteiger partial charge on any atom is -0.457 e. The van der Waals surface area contributed by atoms with Crippen molar-refractivity contribution < 1.29 is 22.7 Å². The smallest absolute Gasteiger partial charge is 0.240 e. The highest BCUT2D eigenvalue weighted by atomic mass is 32.2. The van der Waals surface area contributed by atoms with Crippen LogP contribution in [0.5, 0.6) is 11.5 Å². The van der Waals surface area contributed by atoms with Gasteiger partial charge in [-0.25, -0.2) is 13.1 Å². The van der Waals surface area contributed by atoms with E-state index in [0.717, 1.165) is 41.0 Å². The Bertz CT molecular complexity index is 1410. The van der Waals surface area contributed by atoms with Crippen molar-refractivity contribution in [3.63, 3.8) is 0 Å². The molecule has 1 fully saturated rings. The van der Waals surface area contributed by atoms with E-state index < -0.39 is 21.5 Å². The number of carbonyl (C=O) groups excluding carboxylic acids is 1. The van der Waals surface area contributed by atoms with E-state index in [1.165, 1.54) is 0 Å². The fourth-order valence-electron chi connectivity index (χ4n) is 5.92. The van der Waals surface area contributed by atoms with E-state index in [4.69, 9.17) is 9.47 Å². The van der Waals surface area contributed by atoms with Crippen LogP contribution in [0.25, 0.3) is 0 Å². The molecule has 5 rings (SSSR count).